The first-order valence-electron chi connectivity index (χ1n) is 6.75. The van der Waals surface area contributed by atoms with Crippen LogP contribution in [-0.4, -0.2) is 49.8 Å². The fourth-order valence-corrected chi connectivity index (χ4v) is 2.63. The van der Waals surface area contributed by atoms with Crippen molar-refractivity contribution in [2.24, 2.45) is 5.92 Å². The molecule has 3 atom stereocenters. The zero-order chi connectivity index (χ0) is 12.0. The van der Waals surface area contributed by atoms with E-state index in [1.165, 1.54) is 13.0 Å². The molecule has 1 saturated heterocycles. The molecule has 3 heteroatoms. The van der Waals surface area contributed by atoms with Crippen LogP contribution in [0.2, 0.25) is 0 Å². The molecule has 1 aliphatic rings. The van der Waals surface area contributed by atoms with Gasteiger partial charge >= 0.3 is 0 Å². The van der Waals surface area contributed by atoms with Crippen molar-refractivity contribution in [1.29, 1.82) is 0 Å². The molecule has 0 saturated carbocycles. The number of rotatable bonds is 6. The SMILES string of the molecule is CCNC1CCN(CCOCC)C(C)C1C. The Labute approximate surface area is 101 Å². The molecule has 3 nitrogen and oxygen atoms in total. The minimum absolute atomic E-state index is 0.665. The molecule has 0 aliphatic carbocycles. The maximum Gasteiger partial charge on any atom is 0.0593 e. The first-order valence-corrected chi connectivity index (χ1v) is 6.75. The van der Waals surface area contributed by atoms with Crippen LogP contribution >= 0.6 is 0 Å². The van der Waals surface area contributed by atoms with Gasteiger partial charge in [-0.3, -0.25) is 4.90 Å². The second-order valence-corrected chi connectivity index (χ2v) is 4.79. The minimum atomic E-state index is 0.665. The van der Waals surface area contributed by atoms with Crippen LogP contribution in [0.4, 0.5) is 0 Å². The van der Waals surface area contributed by atoms with E-state index in [0.29, 0.717) is 12.1 Å². The van der Waals surface area contributed by atoms with E-state index in [-0.39, 0.29) is 0 Å². The summed E-state index contributed by atoms with van der Waals surface area (Å²) in [6.45, 7) is 14.0. The van der Waals surface area contributed by atoms with Gasteiger partial charge in [0.05, 0.1) is 6.61 Å². The quantitative estimate of drug-likeness (QED) is 0.701. The van der Waals surface area contributed by atoms with Crippen LogP contribution in [0.1, 0.15) is 34.1 Å². The van der Waals surface area contributed by atoms with Gasteiger partial charge in [0, 0.05) is 31.8 Å². The molecule has 0 amide bonds. The highest BCUT2D eigenvalue weighted by Gasteiger charge is 2.31. The lowest BCUT2D eigenvalue weighted by Crippen LogP contribution is -2.53. The number of ether oxygens (including phenoxy) is 1. The maximum absolute atomic E-state index is 5.44. The second kappa shape index (κ2) is 7.25. The average Bonchev–Trinajstić information content (AvgIpc) is 2.28. The Morgan fingerprint density at radius 2 is 2.06 bits per heavy atom. The predicted octanol–water partition coefficient (Wildman–Crippen LogP) is 1.73. The van der Waals surface area contributed by atoms with Crippen LogP contribution in [0.5, 0.6) is 0 Å². The standard InChI is InChI=1S/C13H28N2O/c1-5-14-13-7-8-15(9-10-16-6-2)12(4)11(13)3/h11-14H,5-10H2,1-4H3. The number of nitrogens with zero attached hydrogens (tertiary/aromatic N) is 1. The van der Waals surface area contributed by atoms with E-state index < -0.39 is 0 Å². The van der Waals surface area contributed by atoms with Crippen molar-refractivity contribution in [3.8, 4) is 0 Å². The third-order valence-electron chi connectivity index (χ3n) is 3.89. The van der Waals surface area contributed by atoms with E-state index in [1.54, 1.807) is 0 Å². The van der Waals surface area contributed by atoms with Crippen molar-refractivity contribution in [2.45, 2.75) is 46.2 Å². The number of hydrogen-bond acceptors (Lipinski definition) is 3. The molecule has 0 radical (unpaired) electrons. The molecule has 0 spiro atoms. The van der Waals surface area contributed by atoms with Gasteiger partial charge in [0.1, 0.15) is 0 Å². The van der Waals surface area contributed by atoms with Crippen molar-refractivity contribution < 1.29 is 4.74 Å². The van der Waals surface area contributed by atoms with E-state index in [1.807, 2.05) is 0 Å². The van der Waals surface area contributed by atoms with Crippen molar-refractivity contribution in [3.05, 3.63) is 0 Å². The van der Waals surface area contributed by atoms with Gasteiger partial charge in [-0.25, -0.2) is 0 Å². The molecule has 3 unspecified atom stereocenters. The highest BCUT2D eigenvalue weighted by Crippen LogP contribution is 2.23. The van der Waals surface area contributed by atoms with Crippen LogP contribution < -0.4 is 5.32 Å². The monoisotopic (exact) mass is 228 g/mol. The largest absolute Gasteiger partial charge is 0.380 e. The summed E-state index contributed by atoms with van der Waals surface area (Å²) in [6, 6.07) is 1.36. The molecule has 0 aromatic rings. The van der Waals surface area contributed by atoms with E-state index in [9.17, 15) is 0 Å². The molecule has 1 heterocycles. The topological polar surface area (TPSA) is 24.5 Å². The second-order valence-electron chi connectivity index (χ2n) is 4.79. The van der Waals surface area contributed by atoms with Crippen LogP contribution in [0, 0.1) is 5.92 Å². The van der Waals surface area contributed by atoms with E-state index >= 15 is 0 Å². The van der Waals surface area contributed by atoms with Gasteiger partial charge < -0.3 is 10.1 Å². The van der Waals surface area contributed by atoms with Crippen molar-refractivity contribution in [3.63, 3.8) is 0 Å². The predicted molar refractivity (Wildman–Crippen MR) is 68.8 cm³/mol. The number of nitrogens with one attached hydrogen (secondary N) is 1. The normalized spacial score (nSPS) is 31.9. The molecule has 1 N–H and O–H groups in total. The van der Waals surface area contributed by atoms with E-state index in [4.69, 9.17) is 4.74 Å². The molecular formula is C13H28N2O. The van der Waals surface area contributed by atoms with Gasteiger partial charge in [-0.1, -0.05) is 13.8 Å². The van der Waals surface area contributed by atoms with Crippen LogP contribution in [-0.2, 0) is 4.74 Å². The van der Waals surface area contributed by atoms with E-state index in [2.05, 4.69) is 37.9 Å². The molecule has 1 aliphatic heterocycles. The number of hydrogen-bond donors (Lipinski definition) is 1. The zero-order valence-corrected chi connectivity index (χ0v) is 11.3. The Kier molecular flexibility index (Phi) is 6.32. The summed E-state index contributed by atoms with van der Waals surface area (Å²) in [6.07, 6.45) is 1.27. The third-order valence-corrected chi connectivity index (χ3v) is 3.89. The molecule has 0 aromatic carbocycles. The third kappa shape index (κ3) is 3.72. The Morgan fingerprint density at radius 1 is 1.31 bits per heavy atom. The summed E-state index contributed by atoms with van der Waals surface area (Å²) in [4.78, 5) is 2.56. The maximum atomic E-state index is 5.44. The molecule has 1 fully saturated rings. The van der Waals surface area contributed by atoms with Crippen LogP contribution in [0.3, 0.4) is 0 Å². The summed E-state index contributed by atoms with van der Waals surface area (Å²) >= 11 is 0. The summed E-state index contributed by atoms with van der Waals surface area (Å²) in [5, 5.41) is 3.59. The van der Waals surface area contributed by atoms with Crippen molar-refractivity contribution in [2.75, 3.05) is 32.8 Å². The first-order chi connectivity index (χ1) is 7.70. The minimum Gasteiger partial charge on any atom is -0.380 e. The smallest absolute Gasteiger partial charge is 0.0593 e. The van der Waals surface area contributed by atoms with Gasteiger partial charge in [-0.15, -0.1) is 0 Å². The lowest BCUT2D eigenvalue weighted by molar-refractivity contribution is 0.0481. The molecule has 1 rings (SSSR count). The lowest BCUT2D eigenvalue weighted by atomic mass is 9.87. The fourth-order valence-electron chi connectivity index (χ4n) is 2.63. The molecule has 96 valence electrons. The number of likely N-dealkylation sites (tertiary alicyclic amines) is 1. The molecule has 0 bridgehead atoms. The summed E-state index contributed by atoms with van der Waals surface area (Å²) in [5.41, 5.74) is 0. The summed E-state index contributed by atoms with van der Waals surface area (Å²) in [7, 11) is 0. The van der Waals surface area contributed by atoms with E-state index in [0.717, 1.165) is 32.2 Å². The van der Waals surface area contributed by atoms with Gasteiger partial charge in [-0.2, -0.15) is 0 Å². The van der Waals surface area contributed by atoms with Crippen molar-refractivity contribution >= 4 is 0 Å². The summed E-state index contributed by atoms with van der Waals surface area (Å²) < 4.78 is 5.44. The van der Waals surface area contributed by atoms with Crippen LogP contribution in [0.15, 0.2) is 0 Å². The highest BCUT2D eigenvalue weighted by molar-refractivity contribution is 4.88. The number of piperidine rings is 1. The Balaban J connectivity index is 2.35. The molecule has 0 aromatic heterocycles. The van der Waals surface area contributed by atoms with Gasteiger partial charge in [-0.05, 0) is 32.7 Å². The highest BCUT2D eigenvalue weighted by atomic mass is 16.5. The average molecular weight is 228 g/mol. The van der Waals surface area contributed by atoms with Gasteiger partial charge in [0.15, 0.2) is 0 Å². The lowest BCUT2D eigenvalue weighted by Gasteiger charge is -2.43. The Hall–Kier alpha value is -0.120. The molecular weight excluding hydrogens is 200 g/mol. The first kappa shape index (κ1) is 13.9. The summed E-state index contributed by atoms with van der Waals surface area (Å²) in [5.74, 6) is 0.732. The molecule has 16 heavy (non-hydrogen) atoms. The van der Waals surface area contributed by atoms with Crippen LogP contribution in [0.25, 0.3) is 0 Å². The zero-order valence-electron chi connectivity index (χ0n) is 11.3. The van der Waals surface area contributed by atoms with Gasteiger partial charge in [0.25, 0.3) is 0 Å². The van der Waals surface area contributed by atoms with Crippen molar-refractivity contribution in [1.82, 2.24) is 10.2 Å². The van der Waals surface area contributed by atoms with Gasteiger partial charge in [0.2, 0.25) is 0 Å². The Morgan fingerprint density at radius 3 is 2.69 bits per heavy atom. The fraction of sp³-hybridized carbons (Fsp3) is 1.00. The Bertz CT molecular complexity index is 187.